The lowest BCUT2D eigenvalue weighted by Crippen LogP contribution is -2.23. The van der Waals surface area contributed by atoms with Crippen LogP contribution in [0.15, 0.2) is 41.3 Å². The maximum absolute atomic E-state index is 12.9. The first-order valence-electron chi connectivity index (χ1n) is 6.95. The van der Waals surface area contributed by atoms with E-state index < -0.39 is 15.8 Å². The van der Waals surface area contributed by atoms with Crippen LogP contribution in [0.4, 0.5) is 4.39 Å². The van der Waals surface area contributed by atoms with Gasteiger partial charge in [-0.3, -0.25) is 0 Å². The number of benzene rings is 2. The fourth-order valence-electron chi connectivity index (χ4n) is 2.11. The van der Waals surface area contributed by atoms with Gasteiger partial charge in [-0.15, -0.1) is 0 Å². The molecule has 0 fully saturated rings. The minimum atomic E-state index is -3.76. The first kappa shape index (κ1) is 18.0. The Labute approximate surface area is 140 Å². The van der Waals surface area contributed by atoms with Crippen LogP contribution in [0.2, 0.25) is 0 Å². The Bertz CT molecular complexity index is 781. The van der Waals surface area contributed by atoms with Crippen LogP contribution >= 0.6 is 0 Å². The van der Waals surface area contributed by atoms with E-state index in [2.05, 4.69) is 4.72 Å². The highest BCUT2D eigenvalue weighted by atomic mass is 32.2. The fraction of sp³-hybridized carbons (Fsp3) is 0.250. The van der Waals surface area contributed by atoms with E-state index in [4.69, 9.17) is 14.2 Å². The molecule has 2 aromatic carbocycles. The van der Waals surface area contributed by atoms with Gasteiger partial charge in [0.2, 0.25) is 15.8 Å². The molecule has 24 heavy (non-hydrogen) atoms. The number of sulfonamides is 1. The molecule has 0 aliphatic carbocycles. The molecule has 0 atom stereocenters. The molecule has 2 rings (SSSR count). The lowest BCUT2D eigenvalue weighted by atomic mass is 10.2. The first-order valence-corrected chi connectivity index (χ1v) is 8.43. The van der Waals surface area contributed by atoms with Crippen LogP contribution in [0, 0.1) is 5.82 Å². The first-order chi connectivity index (χ1) is 11.4. The number of nitrogens with one attached hydrogen (secondary N) is 1. The van der Waals surface area contributed by atoms with Gasteiger partial charge in [-0.1, -0.05) is 0 Å². The average Bonchev–Trinajstić information content (AvgIpc) is 2.59. The molecule has 0 radical (unpaired) electrons. The molecule has 0 aliphatic rings. The summed E-state index contributed by atoms with van der Waals surface area (Å²) in [7, 11) is 0.676. The van der Waals surface area contributed by atoms with Crippen molar-refractivity contribution in [2.45, 2.75) is 11.4 Å². The highest BCUT2D eigenvalue weighted by Gasteiger charge is 2.17. The number of halogens is 1. The molecule has 6 nitrogen and oxygen atoms in total. The van der Waals surface area contributed by atoms with Crippen LogP contribution in [0.5, 0.6) is 17.2 Å². The van der Waals surface area contributed by atoms with Crippen molar-refractivity contribution >= 4 is 10.0 Å². The van der Waals surface area contributed by atoms with E-state index in [1.54, 1.807) is 12.1 Å². The Balaban J connectivity index is 2.23. The van der Waals surface area contributed by atoms with Crippen molar-refractivity contribution in [2.75, 3.05) is 21.3 Å². The van der Waals surface area contributed by atoms with Crippen molar-refractivity contribution in [3.05, 3.63) is 47.8 Å². The quantitative estimate of drug-likeness (QED) is 0.825. The summed E-state index contributed by atoms with van der Waals surface area (Å²) in [5.74, 6) is 0.768. The topological polar surface area (TPSA) is 73.9 Å². The van der Waals surface area contributed by atoms with Crippen LogP contribution in [-0.2, 0) is 16.6 Å². The Hall–Kier alpha value is -2.32. The summed E-state index contributed by atoms with van der Waals surface area (Å²) in [4.78, 5) is -0.0173. The molecule has 0 heterocycles. The number of hydrogen-bond donors (Lipinski definition) is 1. The summed E-state index contributed by atoms with van der Waals surface area (Å²) in [6.07, 6.45) is 0. The third-order valence-electron chi connectivity index (χ3n) is 3.31. The number of hydrogen-bond acceptors (Lipinski definition) is 5. The van der Waals surface area contributed by atoms with Crippen molar-refractivity contribution in [3.63, 3.8) is 0 Å². The molecular formula is C16H18FNO5S. The Morgan fingerprint density at radius 3 is 1.96 bits per heavy atom. The predicted octanol–water partition coefficient (Wildman–Crippen LogP) is 2.33. The monoisotopic (exact) mass is 355 g/mol. The lowest BCUT2D eigenvalue weighted by molar-refractivity contribution is 0.323. The van der Waals surface area contributed by atoms with E-state index in [0.717, 1.165) is 12.1 Å². The van der Waals surface area contributed by atoms with Gasteiger partial charge in [-0.05, 0) is 42.0 Å². The van der Waals surface area contributed by atoms with E-state index in [0.29, 0.717) is 22.8 Å². The van der Waals surface area contributed by atoms with E-state index in [-0.39, 0.29) is 11.4 Å². The zero-order chi connectivity index (χ0) is 17.7. The van der Waals surface area contributed by atoms with Crippen molar-refractivity contribution in [1.29, 1.82) is 0 Å². The molecule has 130 valence electrons. The molecule has 1 N–H and O–H groups in total. The number of rotatable bonds is 7. The average molecular weight is 355 g/mol. The van der Waals surface area contributed by atoms with Gasteiger partial charge in [-0.2, -0.15) is 0 Å². The van der Waals surface area contributed by atoms with E-state index >= 15 is 0 Å². The predicted molar refractivity (Wildman–Crippen MR) is 86.5 cm³/mol. The molecule has 0 saturated carbocycles. The lowest BCUT2D eigenvalue weighted by Gasteiger charge is -2.14. The summed E-state index contributed by atoms with van der Waals surface area (Å²) in [6, 6.07) is 7.88. The van der Waals surface area contributed by atoms with Crippen LogP contribution in [0.3, 0.4) is 0 Å². The molecule has 0 aliphatic heterocycles. The highest BCUT2D eigenvalue weighted by Crippen LogP contribution is 2.38. The summed E-state index contributed by atoms with van der Waals surface area (Å²) >= 11 is 0. The van der Waals surface area contributed by atoms with Crippen LogP contribution in [0.25, 0.3) is 0 Å². The standard InChI is InChI=1S/C16H18FNO5S/c1-21-14-8-11(9-15(22-2)16(14)23-3)10-18-24(19,20)13-6-4-12(17)5-7-13/h4-9,18H,10H2,1-3H3. The normalized spacial score (nSPS) is 11.2. The minimum Gasteiger partial charge on any atom is -0.493 e. The molecule has 2 aromatic rings. The molecule has 0 amide bonds. The second kappa shape index (κ2) is 7.50. The minimum absolute atomic E-state index is 0.0103. The van der Waals surface area contributed by atoms with Crippen molar-refractivity contribution in [1.82, 2.24) is 4.72 Å². The van der Waals surface area contributed by atoms with Crippen LogP contribution in [0.1, 0.15) is 5.56 Å². The van der Waals surface area contributed by atoms with Gasteiger partial charge in [0, 0.05) is 6.54 Å². The fourth-order valence-corrected chi connectivity index (χ4v) is 3.13. The van der Waals surface area contributed by atoms with Gasteiger partial charge in [0.05, 0.1) is 26.2 Å². The summed E-state index contributed by atoms with van der Waals surface area (Å²) < 4.78 is 55.5. The van der Waals surface area contributed by atoms with Gasteiger partial charge in [0.15, 0.2) is 11.5 Å². The molecule has 0 saturated heterocycles. The van der Waals surface area contributed by atoms with Crippen LogP contribution in [-0.4, -0.2) is 29.7 Å². The van der Waals surface area contributed by atoms with E-state index in [1.165, 1.54) is 33.5 Å². The van der Waals surface area contributed by atoms with E-state index in [1.807, 2.05) is 0 Å². The maximum atomic E-state index is 12.9. The van der Waals surface area contributed by atoms with Gasteiger partial charge in [-0.25, -0.2) is 17.5 Å². The zero-order valence-electron chi connectivity index (χ0n) is 13.5. The van der Waals surface area contributed by atoms with Crippen molar-refractivity contribution in [3.8, 4) is 17.2 Å². The molecule has 0 aromatic heterocycles. The second-order valence-corrected chi connectivity index (χ2v) is 6.58. The maximum Gasteiger partial charge on any atom is 0.240 e. The summed E-state index contributed by atoms with van der Waals surface area (Å²) in [6.45, 7) is 0.0103. The molecule has 0 unspecified atom stereocenters. The van der Waals surface area contributed by atoms with Crippen LogP contribution < -0.4 is 18.9 Å². The molecule has 8 heteroatoms. The number of ether oxygens (including phenoxy) is 3. The SMILES string of the molecule is COc1cc(CNS(=O)(=O)c2ccc(F)cc2)cc(OC)c1OC. The third kappa shape index (κ3) is 3.95. The highest BCUT2D eigenvalue weighted by molar-refractivity contribution is 7.89. The smallest absolute Gasteiger partial charge is 0.240 e. The van der Waals surface area contributed by atoms with Gasteiger partial charge >= 0.3 is 0 Å². The van der Waals surface area contributed by atoms with Gasteiger partial charge in [0.1, 0.15) is 5.82 Å². The second-order valence-electron chi connectivity index (χ2n) is 4.81. The molecular weight excluding hydrogens is 337 g/mol. The molecule has 0 spiro atoms. The Kier molecular flexibility index (Phi) is 5.63. The van der Waals surface area contributed by atoms with E-state index in [9.17, 15) is 12.8 Å². The summed E-state index contributed by atoms with van der Waals surface area (Å²) in [5, 5.41) is 0. The Morgan fingerprint density at radius 1 is 0.958 bits per heavy atom. The van der Waals surface area contributed by atoms with Crippen molar-refractivity contribution < 1.29 is 27.0 Å². The largest absolute Gasteiger partial charge is 0.493 e. The third-order valence-corrected chi connectivity index (χ3v) is 4.73. The number of methoxy groups -OCH3 is 3. The van der Waals surface area contributed by atoms with Gasteiger partial charge < -0.3 is 14.2 Å². The summed E-state index contributed by atoms with van der Waals surface area (Å²) in [5.41, 5.74) is 0.621. The van der Waals surface area contributed by atoms with Gasteiger partial charge in [0.25, 0.3) is 0 Å². The Morgan fingerprint density at radius 2 is 1.50 bits per heavy atom. The molecule has 0 bridgehead atoms. The van der Waals surface area contributed by atoms with Crippen molar-refractivity contribution in [2.24, 2.45) is 0 Å². The zero-order valence-corrected chi connectivity index (χ0v) is 14.3.